The van der Waals surface area contributed by atoms with Crippen LogP contribution < -0.4 is 16.0 Å². The first-order valence-electron chi connectivity index (χ1n) is 28.5. The van der Waals surface area contributed by atoms with Crippen LogP contribution in [0, 0.1) is 0 Å². The van der Waals surface area contributed by atoms with E-state index in [9.17, 15) is 1.37 Å². The molecule has 5 heterocycles. The van der Waals surface area contributed by atoms with Crippen molar-refractivity contribution < 1.29 is 10.8 Å². The van der Waals surface area contributed by atoms with E-state index in [2.05, 4.69) is 98.7 Å². The summed E-state index contributed by atoms with van der Waals surface area (Å²) in [5.41, 5.74) is 4.49. The third kappa shape index (κ3) is 20.6. The largest absolute Gasteiger partial charge is 0.376 e. The van der Waals surface area contributed by atoms with Crippen molar-refractivity contribution in [2.45, 2.75) is 257 Å². The van der Waals surface area contributed by atoms with Gasteiger partial charge in [0.25, 0.3) is 0 Å². The van der Waals surface area contributed by atoms with Crippen molar-refractivity contribution in [2.24, 2.45) is 9.98 Å². The van der Waals surface area contributed by atoms with Crippen molar-refractivity contribution in [1.29, 1.82) is 0 Å². The summed E-state index contributed by atoms with van der Waals surface area (Å²) in [6, 6.07) is 4.16. The number of H-pyrrole nitrogens is 1. The number of allylic oxidation sites excluding steroid dienone is 5. The van der Waals surface area contributed by atoms with Crippen LogP contribution in [0.5, 0.6) is 0 Å². The van der Waals surface area contributed by atoms with E-state index in [1.54, 1.807) is 0 Å². The standard InChI is InChI=1S/C60H96N4O2/c1-5-7-9-11-13-15-17-19-21-23-25-27-29-31-33-35-43-65-50(3)58-49-60(51(4)66-44-36-34-32-30-28-26-24-22-20-18-16-14-12-10-8-6-2)48-57-42-41-55(63-57)46-53-38-37-52(61-53)45-54-39-40-56(62-54)47-59(58)64-60/h37-42,45-48,50-51,61,64H,5-36,43-44,49H2,1-4H3/b52-45-,53-46-,56-47-,57-48-/i49D. The van der Waals surface area contributed by atoms with Crippen LogP contribution in [0.25, 0.3) is 12.2 Å². The second-order valence-corrected chi connectivity index (χ2v) is 20.2. The number of nitrogens with zero attached hydrogens (tertiary/aromatic N) is 2. The molecule has 4 aliphatic rings. The van der Waals surface area contributed by atoms with Gasteiger partial charge >= 0.3 is 0 Å². The van der Waals surface area contributed by atoms with Crippen molar-refractivity contribution in [1.82, 2.24) is 10.3 Å². The third-order valence-corrected chi connectivity index (χ3v) is 14.3. The van der Waals surface area contributed by atoms with E-state index in [0.717, 1.165) is 57.6 Å². The number of unbranched alkanes of at least 4 members (excludes halogenated alkanes) is 30. The number of nitrogens with one attached hydrogen (secondary N) is 2. The maximum atomic E-state index is 10.1. The van der Waals surface area contributed by atoms with E-state index in [1.165, 1.54) is 193 Å². The van der Waals surface area contributed by atoms with Crippen molar-refractivity contribution in [3.05, 3.63) is 82.0 Å². The topological polar surface area (TPSA) is 71.0 Å². The van der Waals surface area contributed by atoms with Crippen molar-refractivity contribution in [3.63, 3.8) is 0 Å². The fraction of sp³-hybridized carbons (Fsp3) is 0.700. The first-order valence-corrected chi connectivity index (χ1v) is 28.0. The number of aromatic amines is 1. The van der Waals surface area contributed by atoms with Crippen LogP contribution >= 0.6 is 0 Å². The Morgan fingerprint density at radius 2 is 0.909 bits per heavy atom. The van der Waals surface area contributed by atoms with Gasteiger partial charge in [0.05, 0.1) is 40.6 Å². The summed E-state index contributed by atoms with van der Waals surface area (Å²) in [4.78, 5) is 13.5. The quantitative estimate of drug-likeness (QED) is 0.0650. The SMILES string of the molecule is [2H]C1C(C(C)OCCCCCCCCCCCCCCCCCC)=C2/C=C3/C=CC(=N3)/C=c3/cc/c([nH]3)=C/C3=NC(=C\C1(C(C)OCCCCCCCCCCCCCCCCCC)N2)/C=C3. The highest BCUT2D eigenvalue weighted by molar-refractivity contribution is 6.20. The zero-order valence-electron chi connectivity index (χ0n) is 43.8. The molecule has 0 spiro atoms. The van der Waals surface area contributed by atoms with Gasteiger partial charge in [-0.2, -0.15) is 0 Å². The molecule has 0 saturated carbocycles. The summed E-state index contributed by atoms with van der Waals surface area (Å²) in [5, 5.41) is 5.89. The lowest BCUT2D eigenvalue weighted by Crippen LogP contribution is -2.49. The van der Waals surface area contributed by atoms with Gasteiger partial charge < -0.3 is 19.8 Å². The van der Waals surface area contributed by atoms with Gasteiger partial charge in [-0.25, -0.2) is 9.98 Å². The summed E-state index contributed by atoms with van der Waals surface area (Å²) < 4.78 is 23.5. The number of ether oxygens (including phenoxy) is 2. The minimum absolute atomic E-state index is 0.239. The number of fused-ring (bicyclic) bond motifs is 6. The Hall–Kier alpha value is -3.22. The monoisotopic (exact) mass is 906 g/mol. The number of aliphatic imine (C=N–C) groups is 2. The van der Waals surface area contributed by atoms with Crippen LogP contribution in [0.2, 0.25) is 0 Å². The Morgan fingerprint density at radius 1 is 0.515 bits per heavy atom. The molecule has 8 bridgehead atoms. The molecule has 4 atom stereocenters. The van der Waals surface area contributed by atoms with E-state index >= 15 is 0 Å². The lowest BCUT2D eigenvalue weighted by Gasteiger charge is -2.35. The molecule has 2 N–H and O–H groups in total. The molecule has 4 unspecified atom stereocenters. The predicted octanol–water partition coefficient (Wildman–Crippen LogP) is 15.7. The Balaban J connectivity index is 1.12. The molecule has 6 heteroatoms. The number of hydrogen-bond donors (Lipinski definition) is 2. The molecule has 0 radical (unpaired) electrons. The highest BCUT2D eigenvalue weighted by Crippen LogP contribution is 2.38. The molecule has 4 aliphatic heterocycles. The van der Waals surface area contributed by atoms with Crippen LogP contribution in [0.3, 0.4) is 0 Å². The molecule has 5 rings (SSSR count). The first kappa shape index (κ1) is 52.2. The smallest absolute Gasteiger partial charge is 0.0878 e. The van der Waals surface area contributed by atoms with Crippen LogP contribution in [0.1, 0.15) is 241 Å². The zero-order valence-corrected chi connectivity index (χ0v) is 42.8. The Bertz CT molecular complexity index is 1900. The molecule has 0 saturated heterocycles. The van der Waals surface area contributed by atoms with E-state index in [1.807, 2.05) is 0 Å². The molecule has 0 amide bonds. The molecule has 1 aromatic rings. The van der Waals surface area contributed by atoms with Crippen LogP contribution in [-0.4, -0.2) is 47.4 Å². The molecule has 6 nitrogen and oxygen atoms in total. The van der Waals surface area contributed by atoms with Gasteiger partial charge in [0, 0.05) is 37.4 Å². The molecule has 368 valence electrons. The molecule has 66 heavy (non-hydrogen) atoms. The van der Waals surface area contributed by atoms with Crippen LogP contribution in [-0.2, 0) is 9.47 Å². The Kier molecular flexibility index (Phi) is 25.7. The fourth-order valence-corrected chi connectivity index (χ4v) is 10.0. The van der Waals surface area contributed by atoms with Gasteiger partial charge in [0.15, 0.2) is 0 Å². The van der Waals surface area contributed by atoms with E-state index in [-0.39, 0.29) is 12.2 Å². The van der Waals surface area contributed by atoms with Gasteiger partial charge in [-0.05, 0) is 93.0 Å². The Labute approximate surface area is 405 Å². The highest BCUT2D eigenvalue weighted by atomic mass is 16.5. The zero-order chi connectivity index (χ0) is 47.2. The van der Waals surface area contributed by atoms with Gasteiger partial charge in [-0.1, -0.05) is 206 Å². The molecule has 0 aliphatic carbocycles. The summed E-state index contributed by atoms with van der Waals surface area (Å²) >= 11 is 0. The van der Waals surface area contributed by atoms with Crippen LogP contribution in [0.15, 0.2) is 81.2 Å². The van der Waals surface area contributed by atoms with Crippen molar-refractivity contribution in [2.75, 3.05) is 13.2 Å². The van der Waals surface area contributed by atoms with Gasteiger partial charge in [0.2, 0.25) is 0 Å². The van der Waals surface area contributed by atoms with E-state index in [4.69, 9.17) is 19.5 Å². The number of aromatic nitrogens is 1. The van der Waals surface area contributed by atoms with E-state index in [0.29, 0.717) is 13.2 Å². The second-order valence-electron chi connectivity index (χ2n) is 20.2. The predicted molar refractivity (Wildman–Crippen MR) is 286 cm³/mol. The molecule has 0 fully saturated rings. The summed E-state index contributed by atoms with van der Waals surface area (Å²) in [6.45, 7) is 10.2. The number of hydrogen-bond acceptors (Lipinski definition) is 5. The summed E-state index contributed by atoms with van der Waals surface area (Å²) in [7, 11) is 0. The first-order chi connectivity index (χ1) is 32.9. The maximum absolute atomic E-state index is 10.1. The molecular formula is C60H96N4O2. The van der Waals surface area contributed by atoms with Crippen LogP contribution in [0.4, 0.5) is 0 Å². The maximum Gasteiger partial charge on any atom is 0.0878 e. The summed E-state index contributed by atoms with van der Waals surface area (Å²) in [5.74, 6) is 0. The minimum atomic E-state index is -0.848. The van der Waals surface area contributed by atoms with Gasteiger partial charge in [0.1, 0.15) is 0 Å². The second kappa shape index (κ2) is 32.5. The normalized spacial score (nSPS) is 22.4. The fourth-order valence-electron chi connectivity index (χ4n) is 10.0. The molecule has 0 aromatic carbocycles. The Morgan fingerprint density at radius 3 is 1.36 bits per heavy atom. The minimum Gasteiger partial charge on any atom is -0.376 e. The lowest BCUT2D eigenvalue weighted by atomic mass is 9.86. The molecular weight excluding hydrogens is 809 g/mol. The number of rotatable bonds is 38. The lowest BCUT2D eigenvalue weighted by molar-refractivity contribution is 0.0163. The molecule has 1 aromatic heterocycles. The van der Waals surface area contributed by atoms with Crippen molar-refractivity contribution >= 4 is 23.6 Å². The highest BCUT2D eigenvalue weighted by Gasteiger charge is 2.43. The average Bonchev–Trinajstić information content (AvgIpc) is 4.13. The van der Waals surface area contributed by atoms with Crippen molar-refractivity contribution in [3.8, 4) is 0 Å². The van der Waals surface area contributed by atoms with E-state index < -0.39 is 11.9 Å². The summed E-state index contributed by atoms with van der Waals surface area (Å²) in [6.07, 6.45) is 58.8. The third-order valence-electron chi connectivity index (χ3n) is 14.3. The van der Waals surface area contributed by atoms with Gasteiger partial charge in [-0.15, -0.1) is 0 Å². The van der Waals surface area contributed by atoms with Gasteiger partial charge in [-0.3, -0.25) is 0 Å². The average molecular weight is 906 g/mol.